The van der Waals surface area contributed by atoms with Crippen LogP contribution in [-0.4, -0.2) is 18.4 Å². The molecule has 0 aromatic heterocycles. The minimum absolute atomic E-state index is 0.0885. The van der Waals surface area contributed by atoms with Crippen LogP contribution in [0.1, 0.15) is 44.2 Å². The summed E-state index contributed by atoms with van der Waals surface area (Å²) in [5, 5.41) is 5.96. The number of carbonyl (C=O) groups excluding carboxylic acids is 2. The summed E-state index contributed by atoms with van der Waals surface area (Å²) in [5.41, 5.74) is 3.66. The molecule has 28 heavy (non-hydrogen) atoms. The van der Waals surface area contributed by atoms with Crippen LogP contribution >= 0.6 is 0 Å². The third-order valence-corrected chi connectivity index (χ3v) is 5.08. The monoisotopic (exact) mass is 380 g/mol. The number of rotatable bonds is 7. The summed E-state index contributed by atoms with van der Waals surface area (Å²) in [6, 6.07) is 13.4. The standard InChI is InChI=1S/C23H28N2O3/c1-5-28-20-12-7-6-11-19(20)24-22(26)17-13-18(17)23(27)25-21-15(4)9-8-10-16(21)14(2)3/h6-12,14,17-18H,5,13H2,1-4H3,(H,24,26)(H,25,27). The Bertz CT molecular complexity index is 876. The van der Waals surface area contributed by atoms with Crippen LogP contribution in [0, 0.1) is 18.8 Å². The van der Waals surface area contributed by atoms with Gasteiger partial charge < -0.3 is 15.4 Å². The highest BCUT2D eigenvalue weighted by Gasteiger charge is 2.48. The Kier molecular flexibility index (Phi) is 6.02. The van der Waals surface area contributed by atoms with Gasteiger partial charge in [-0.15, -0.1) is 0 Å². The van der Waals surface area contributed by atoms with Crippen LogP contribution in [0.5, 0.6) is 5.75 Å². The summed E-state index contributed by atoms with van der Waals surface area (Å²) < 4.78 is 5.55. The van der Waals surface area contributed by atoms with Crippen LogP contribution in [-0.2, 0) is 9.59 Å². The summed E-state index contributed by atoms with van der Waals surface area (Å²) in [6.45, 7) is 8.62. The number of nitrogens with one attached hydrogen (secondary N) is 2. The van der Waals surface area contributed by atoms with Crippen LogP contribution in [0.25, 0.3) is 0 Å². The molecule has 1 aliphatic carbocycles. The van der Waals surface area contributed by atoms with E-state index in [-0.39, 0.29) is 23.7 Å². The second-order valence-electron chi connectivity index (χ2n) is 7.55. The van der Waals surface area contributed by atoms with Crippen molar-refractivity contribution in [2.24, 2.45) is 11.8 Å². The van der Waals surface area contributed by atoms with Gasteiger partial charge in [0, 0.05) is 5.69 Å². The SMILES string of the molecule is CCOc1ccccc1NC(=O)C1CC1C(=O)Nc1c(C)cccc1C(C)C. The van der Waals surface area contributed by atoms with Crippen molar-refractivity contribution in [3.05, 3.63) is 53.6 Å². The van der Waals surface area contributed by atoms with Gasteiger partial charge in [0.2, 0.25) is 11.8 Å². The van der Waals surface area contributed by atoms with Crippen molar-refractivity contribution >= 4 is 23.2 Å². The maximum absolute atomic E-state index is 12.7. The zero-order valence-electron chi connectivity index (χ0n) is 16.9. The molecule has 1 saturated carbocycles. The second-order valence-corrected chi connectivity index (χ2v) is 7.55. The largest absolute Gasteiger partial charge is 0.492 e. The van der Waals surface area contributed by atoms with E-state index in [1.807, 2.05) is 56.3 Å². The van der Waals surface area contributed by atoms with Gasteiger partial charge in [-0.25, -0.2) is 0 Å². The molecule has 2 unspecified atom stereocenters. The van der Waals surface area contributed by atoms with E-state index >= 15 is 0 Å². The fourth-order valence-corrected chi connectivity index (χ4v) is 3.41. The molecule has 0 aliphatic heterocycles. The molecular formula is C23H28N2O3. The molecular weight excluding hydrogens is 352 g/mol. The van der Waals surface area contributed by atoms with E-state index in [0.29, 0.717) is 30.4 Å². The molecule has 0 saturated heterocycles. The number of benzene rings is 2. The summed E-state index contributed by atoms with van der Waals surface area (Å²) in [6.07, 6.45) is 0.567. The molecule has 2 aromatic carbocycles. The molecule has 1 aliphatic rings. The molecule has 0 heterocycles. The molecule has 148 valence electrons. The average molecular weight is 380 g/mol. The maximum Gasteiger partial charge on any atom is 0.228 e. The van der Waals surface area contributed by atoms with Crippen LogP contribution < -0.4 is 15.4 Å². The lowest BCUT2D eigenvalue weighted by molar-refractivity contribution is -0.122. The third-order valence-electron chi connectivity index (χ3n) is 5.08. The van der Waals surface area contributed by atoms with Gasteiger partial charge in [0.1, 0.15) is 5.75 Å². The van der Waals surface area contributed by atoms with Crippen LogP contribution in [0.4, 0.5) is 11.4 Å². The van der Waals surface area contributed by atoms with E-state index in [2.05, 4.69) is 24.5 Å². The second kappa shape index (κ2) is 8.46. The third kappa shape index (κ3) is 4.35. The predicted molar refractivity (Wildman–Crippen MR) is 112 cm³/mol. The van der Waals surface area contributed by atoms with E-state index in [1.165, 1.54) is 0 Å². The number of carbonyl (C=O) groups is 2. The Hall–Kier alpha value is -2.82. The zero-order chi connectivity index (χ0) is 20.3. The minimum atomic E-state index is -0.304. The lowest BCUT2D eigenvalue weighted by atomic mass is 9.98. The van der Waals surface area contributed by atoms with Crippen molar-refractivity contribution in [2.45, 2.75) is 40.0 Å². The number of aryl methyl sites for hydroxylation is 1. The van der Waals surface area contributed by atoms with Crippen molar-refractivity contribution in [3.8, 4) is 5.75 Å². The summed E-state index contributed by atoms with van der Waals surface area (Å²) in [7, 11) is 0. The van der Waals surface area contributed by atoms with Gasteiger partial charge in [0.25, 0.3) is 0 Å². The van der Waals surface area contributed by atoms with Crippen LogP contribution in [0.3, 0.4) is 0 Å². The first-order valence-corrected chi connectivity index (χ1v) is 9.85. The average Bonchev–Trinajstić information content (AvgIpc) is 3.46. The molecule has 0 spiro atoms. The van der Waals surface area contributed by atoms with E-state index in [0.717, 1.165) is 16.8 Å². The smallest absolute Gasteiger partial charge is 0.228 e. The lowest BCUT2D eigenvalue weighted by Gasteiger charge is -2.16. The number of amides is 2. The molecule has 0 radical (unpaired) electrons. The number of hydrogen-bond acceptors (Lipinski definition) is 3. The van der Waals surface area contributed by atoms with Crippen molar-refractivity contribution in [1.29, 1.82) is 0 Å². The summed E-state index contributed by atoms with van der Waals surface area (Å²) in [4.78, 5) is 25.3. The van der Waals surface area contributed by atoms with E-state index in [9.17, 15) is 9.59 Å². The first-order valence-electron chi connectivity index (χ1n) is 9.85. The molecule has 0 bridgehead atoms. The van der Waals surface area contributed by atoms with Gasteiger partial charge in [-0.2, -0.15) is 0 Å². The highest BCUT2D eigenvalue weighted by atomic mass is 16.5. The Balaban J connectivity index is 1.64. The Morgan fingerprint density at radius 1 is 1.04 bits per heavy atom. The number of anilines is 2. The van der Waals surface area contributed by atoms with E-state index < -0.39 is 0 Å². The number of para-hydroxylation sites is 3. The summed E-state index contributed by atoms with van der Waals surface area (Å²) in [5.74, 6) is 0.126. The topological polar surface area (TPSA) is 67.4 Å². The minimum Gasteiger partial charge on any atom is -0.492 e. The van der Waals surface area contributed by atoms with Gasteiger partial charge in [-0.1, -0.05) is 44.2 Å². The zero-order valence-corrected chi connectivity index (χ0v) is 16.9. The molecule has 3 rings (SSSR count). The molecule has 5 nitrogen and oxygen atoms in total. The Morgan fingerprint density at radius 2 is 1.71 bits per heavy atom. The van der Waals surface area contributed by atoms with Gasteiger partial charge >= 0.3 is 0 Å². The van der Waals surface area contributed by atoms with Gasteiger partial charge in [-0.05, 0) is 49.4 Å². The van der Waals surface area contributed by atoms with E-state index in [1.54, 1.807) is 0 Å². The van der Waals surface area contributed by atoms with Crippen molar-refractivity contribution in [3.63, 3.8) is 0 Å². The fourth-order valence-electron chi connectivity index (χ4n) is 3.41. The van der Waals surface area contributed by atoms with Gasteiger partial charge in [-0.3, -0.25) is 9.59 Å². The van der Waals surface area contributed by atoms with Crippen LogP contribution in [0.15, 0.2) is 42.5 Å². The lowest BCUT2D eigenvalue weighted by Crippen LogP contribution is -2.21. The highest BCUT2D eigenvalue weighted by Crippen LogP contribution is 2.41. The first-order chi connectivity index (χ1) is 13.4. The normalized spacial score (nSPS) is 17.9. The molecule has 2 aromatic rings. The van der Waals surface area contributed by atoms with Crippen molar-refractivity contribution < 1.29 is 14.3 Å². The number of ether oxygens (including phenoxy) is 1. The molecule has 5 heteroatoms. The first kappa shape index (κ1) is 19.9. The quantitative estimate of drug-likeness (QED) is 0.730. The molecule has 2 N–H and O–H groups in total. The van der Waals surface area contributed by atoms with Gasteiger partial charge in [0.05, 0.1) is 24.1 Å². The maximum atomic E-state index is 12.7. The highest BCUT2D eigenvalue weighted by molar-refractivity contribution is 6.04. The van der Waals surface area contributed by atoms with E-state index in [4.69, 9.17) is 4.74 Å². The fraction of sp³-hybridized carbons (Fsp3) is 0.391. The van der Waals surface area contributed by atoms with Crippen LogP contribution in [0.2, 0.25) is 0 Å². The molecule has 1 fully saturated rings. The Labute approximate surface area is 166 Å². The predicted octanol–water partition coefficient (Wildman–Crippen LogP) is 4.73. The Morgan fingerprint density at radius 3 is 2.39 bits per heavy atom. The van der Waals surface area contributed by atoms with Crippen molar-refractivity contribution in [1.82, 2.24) is 0 Å². The molecule has 2 amide bonds. The van der Waals surface area contributed by atoms with Gasteiger partial charge in [0.15, 0.2) is 0 Å². The van der Waals surface area contributed by atoms with Crippen molar-refractivity contribution in [2.75, 3.05) is 17.2 Å². The number of hydrogen-bond donors (Lipinski definition) is 2. The molecule has 2 atom stereocenters. The summed E-state index contributed by atoms with van der Waals surface area (Å²) >= 11 is 0.